The minimum Gasteiger partial charge on any atom is -0.458 e. The average molecular weight is 392 g/mol. The Labute approximate surface area is 173 Å². The third-order valence-electron chi connectivity index (χ3n) is 4.27. The summed E-state index contributed by atoms with van der Waals surface area (Å²) < 4.78 is 5.21. The second kappa shape index (κ2) is 12.9. The molecule has 0 N–H and O–H groups in total. The Kier molecular flexibility index (Phi) is 10.5. The van der Waals surface area contributed by atoms with Gasteiger partial charge in [-0.25, -0.2) is 4.79 Å². The van der Waals surface area contributed by atoms with E-state index in [4.69, 9.17) is 4.74 Å². The van der Waals surface area contributed by atoms with Crippen LogP contribution in [0.5, 0.6) is 0 Å². The van der Waals surface area contributed by atoms with Crippen LogP contribution in [0.15, 0.2) is 87.0 Å². The molecular weight excluding hydrogens is 362 g/mol. The lowest BCUT2D eigenvalue weighted by molar-refractivity contribution is -0.138. The van der Waals surface area contributed by atoms with E-state index in [0.717, 1.165) is 35.1 Å². The molecule has 0 aromatic heterocycles. The molecule has 4 heteroatoms. The van der Waals surface area contributed by atoms with Gasteiger partial charge in [-0.2, -0.15) is 0 Å². The van der Waals surface area contributed by atoms with E-state index in [2.05, 4.69) is 38.1 Å². The van der Waals surface area contributed by atoms with Crippen molar-refractivity contribution in [1.82, 2.24) is 0 Å². The second-order valence-corrected chi connectivity index (χ2v) is 6.02. The van der Waals surface area contributed by atoms with Crippen LogP contribution in [-0.4, -0.2) is 18.3 Å². The van der Waals surface area contributed by atoms with Crippen molar-refractivity contribution in [2.45, 2.75) is 26.4 Å². The molecule has 0 aliphatic rings. The summed E-state index contributed by atoms with van der Waals surface area (Å²) in [4.78, 5) is 24.9. The molecule has 0 bridgehead atoms. The van der Waals surface area contributed by atoms with E-state index in [0.29, 0.717) is 12.8 Å². The van der Waals surface area contributed by atoms with E-state index >= 15 is 0 Å². The standard InChI is InChI=1S/C23H25NO3.C2H4/c1-4-21(25)16-13-18-11-14-20(15-12-18)24(6-3)22-10-8-7-9-19(22)17-27-23(26)5-2;1-2/h4-5,7-12,14-15H,1-2,6,13,16-17H2,3H3;1-2H2. The van der Waals surface area contributed by atoms with E-state index in [-0.39, 0.29) is 12.4 Å². The highest BCUT2D eigenvalue weighted by Crippen LogP contribution is 2.29. The van der Waals surface area contributed by atoms with Crippen molar-refractivity contribution in [3.8, 4) is 0 Å². The Hall–Kier alpha value is -3.40. The molecule has 0 unspecified atom stereocenters. The molecule has 0 saturated heterocycles. The van der Waals surface area contributed by atoms with Gasteiger partial charge in [0, 0.05) is 36.0 Å². The molecule has 0 fully saturated rings. The second-order valence-electron chi connectivity index (χ2n) is 6.02. The summed E-state index contributed by atoms with van der Waals surface area (Å²) in [6.07, 6.45) is 3.70. The molecule has 0 radical (unpaired) electrons. The largest absolute Gasteiger partial charge is 0.458 e. The summed E-state index contributed by atoms with van der Waals surface area (Å²) in [5.74, 6) is -0.386. The lowest BCUT2D eigenvalue weighted by Crippen LogP contribution is -2.18. The number of anilines is 2. The summed E-state index contributed by atoms with van der Waals surface area (Å²) in [6.45, 7) is 16.0. The third kappa shape index (κ3) is 7.26. The highest BCUT2D eigenvalue weighted by molar-refractivity contribution is 5.89. The average Bonchev–Trinajstić information content (AvgIpc) is 2.79. The van der Waals surface area contributed by atoms with E-state index in [1.807, 2.05) is 48.5 Å². The summed E-state index contributed by atoms with van der Waals surface area (Å²) >= 11 is 0. The van der Waals surface area contributed by atoms with Crippen LogP contribution < -0.4 is 4.90 Å². The number of carbonyl (C=O) groups is 2. The van der Waals surface area contributed by atoms with Gasteiger partial charge in [0.2, 0.25) is 0 Å². The normalized spacial score (nSPS) is 9.55. The summed E-state index contributed by atoms with van der Waals surface area (Å²) in [6, 6.07) is 16.0. The number of carbonyl (C=O) groups excluding carboxylic acids is 2. The number of allylic oxidation sites excluding steroid dienone is 1. The van der Waals surface area contributed by atoms with Gasteiger partial charge in [0.15, 0.2) is 5.78 Å². The monoisotopic (exact) mass is 391 g/mol. The van der Waals surface area contributed by atoms with Gasteiger partial charge in [-0.3, -0.25) is 4.79 Å². The number of ketones is 1. The SMILES string of the molecule is C=C.C=CC(=O)CCc1ccc(N(CC)c2ccccc2COC(=O)C=C)cc1. The van der Waals surface area contributed by atoms with Crippen molar-refractivity contribution in [2.24, 2.45) is 0 Å². The number of rotatable bonds is 10. The van der Waals surface area contributed by atoms with Crippen molar-refractivity contribution < 1.29 is 14.3 Å². The topological polar surface area (TPSA) is 46.6 Å². The van der Waals surface area contributed by atoms with E-state index in [9.17, 15) is 9.59 Å². The molecule has 0 saturated carbocycles. The first-order valence-corrected chi connectivity index (χ1v) is 9.47. The predicted octanol–water partition coefficient (Wildman–Crippen LogP) is 5.56. The van der Waals surface area contributed by atoms with Gasteiger partial charge in [-0.15, -0.1) is 13.2 Å². The first-order chi connectivity index (χ1) is 14.1. The van der Waals surface area contributed by atoms with E-state index in [1.165, 1.54) is 6.08 Å². The van der Waals surface area contributed by atoms with Crippen LogP contribution in [0.25, 0.3) is 0 Å². The molecule has 4 nitrogen and oxygen atoms in total. The molecular formula is C25H29NO3. The van der Waals surface area contributed by atoms with Gasteiger partial charge >= 0.3 is 5.97 Å². The maximum Gasteiger partial charge on any atom is 0.330 e. The van der Waals surface area contributed by atoms with Crippen LogP contribution in [-0.2, 0) is 27.4 Å². The molecule has 2 rings (SSSR count). The minimum atomic E-state index is -0.439. The summed E-state index contributed by atoms with van der Waals surface area (Å²) in [5, 5.41) is 0. The number of hydrogen-bond acceptors (Lipinski definition) is 4. The van der Waals surface area contributed by atoms with Crippen molar-refractivity contribution in [3.63, 3.8) is 0 Å². The Morgan fingerprint density at radius 3 is 2.24 bits per heavy atom. The summed E-state index contributed by atoms with van der Waals surface area (Å²) in [7, 11) is 0. The molecule has 29 heavy (non-hydrogen) atoms. The molecule has 0 amide bonds. The number of para-hydroxylation sites is 1. The summed E-state index contributed by atoms with van der Waals surface area (Å²) in [5.41, 5.74) is 4.07. The van der Waals surface area contributed by atoms with Crippen molar-refractivity contribution in [1.29, 1.82) is 0 Å². The quantitative estimate of drug-likeness (QED) is 0.302. The van der Waals surface area contributed by atoms with Gasteiger partial charge in [0.05, 0.1) is 0 Å². The zero-order valence-corrected chi connectivity index (χ0v) is 17.1. The third-order valence-corrected chi connectivity index (χ3v) is 4.27. The van der Waals surface area contributed by atoms with Gasteiger partial charge < -0.3 is 9.64 Å². The molecule has 0 spiro atoms. The number of benzene rings is 2. The number of aryl methyl sites for hydroxylation is 1. The smallest absolute Gasteiger partial charge is 0.330 e. The van der Waals surface area contributed by atoms with Gasteiger partial charge in [0.25, 0.3) is 0 Å². The van der Waals surface area contributed by atoms with Gasteiger partial charge in [-0.1, -0.05) is 43.5 Å². The van der Waals surface area contributed by atoms with Gasteiger partial charge in [0.1, 0.15) is 6.61 Å². The van der Waals surface area contributed by atoms with Crippen LogP contribution in [0.2, 0.25) is 0 Å². The Morgan fingerprint density at radius 1 is 1.00 bits per heavy atom. The molecule has 2 aromatic rings. The first kappa shape index (κ1) is 23.6. The number of nitrogens with zero attached hydrogens (tertiary/aromatic N) is 1. The maximum atomic E-state index is 11.4. The number of esters is 1. The fraction of sp³-hybridized carbons (Fsp3) is 0.200. The lowest BCUT2D eigenvalue weighted by atomic mass is 10.1. The predicted molar refractivity (Wildman–Crippen MR) is 120 cm³/mol. The molecule has 2 aromatic carbocycles. The number of ether oxygens (including phenoxy) is 1. The highest BCUT2D eigenvalue weighted by atomic mass is 16.5. The highest BCUT2D eigenvalue weighted by Gasteiger charge is 2.13. The fourth-order valence-corrected chi connectivity index (χ4v) is 2.81. The Bertz CT molecular complexity index is 824. The maximum absolute atomic E-state index is 11.4. The Morgan fingerprint density at radius 2 is 1.66 bits per heavy atom. The Balaban J connectivity index is 0.00000204. The molecule has 0 aliphatic heterocycles. The van der Waals surface area contributed by atoms with Crippen LogP contribution in [0.1, 0.15) is 24.5 Å². The number of hydrogen-bond donors (Lipinski definition) is 0. The molecule has 152 valence electrons. The first-order valence-electron chi connectivity index (χ1n) is 9.47. The molecule has 0 heterocycles. The van der Waals surface area contributed by atoms with Crippen molar-refractivity contribution in [3.05, 3.63) is 98.1 Å². The van der Waals surface area contributed by atoms with Crippen LogP contribution in [0.3, 0.4) is 0 Å². The van der Waals surface area contributed by atoms with Crippen LogP contribution in [0, 0.1) is 0 Å². The lowest BCUT2D eigenvalue weighted by Gasteiger charge is -2.26. The van der Waals surface area contributed by atoms with Gasteiger partial charge in [-0.05, 0) is 43.2 Å². The van der Waals surface area contributed by atoms with Crippen molar-refractivity contribution >= 4 is 23.1 Å². The van der Waals surface area contributed by atoms with Crippen molar-refractivity contribution in [2.75, 3.05) is 11.4 Å². The van der Waals surface area contributed by atoms with E-state index < -0.39 is 5.97 Å². The molecule has 0 aliphatic carbocycles. The fourth-order valence-electron chi connectivity index (χ4n) is 2.81. The molecule has 0 atom stereocenters. The zero-order chi connectivity index (χ0) is 21.6. The zero-order valence-electron chi connectivity index (χ0n) is 17.1. The van der Waals surface area contributed by atoms with Crippen LogP contribution in [0.4, 0.5) is 11.4 Å². The van der Waals surface area contributed by atoms with Crippen LogP contribution >= 0.6 is 0 Å². The van der Waals surface area contributed by atoms with E-state index in [1.54, 1.807) is 0 Å². The minimum absolute atomic E-state index is 0.0530.